The summed E-state index contributed by atoms with van der Waals surface area (Å²) in [6.45, 7) is 4.00. The fraction of sp³-hybridized carbons (Fsp3) is 0.588. The molecular weight excluding hydrogens is 248 g/mol. The Morgan fingerprint density at radius 1 is 1.20 bits per heavy atom. The number of hydrogen-bond acceptors (Lipinski definition) is 2. The van der Waals surface area contributed by atoms with Gasteiger partial charge in [-0.15, -0.1) is 0 Å². The molecule has 3 rings (SSSR count). The average Bonchev–Trinajstić information content (AvgIpc) is 2.48. The van der Waals surface area contributed by atoms with Crippen LogP contribution < -0.4 is 5.32 Å². The monoisotopic (exact) mass is 272 g/mol. The molecule has 2 aliphatic heterocycles. The van der Waals surface area contributed by atoms with Gasteiger partial charge >= 0.3 is 0 Å². The number of hydrogen-bond donors (Lipinski definition) is 1. The van der Waals surface area contributed by atoms with Crippen molar-refractivity contribution in [2.75, 3.05) is 13.1 Å². The molecule has 0 saturated carbocycles. The molecule has 2 atom stereocenters. The van der Waals surface area contributed by atoms with E-state index in [1.54, 1.807) is 6.92 Å². The van der Waals surface area contributed by atoms with E-state index in [4.69, 9.17) is 0 Å². The molecule has 2 heterocycles. The van der Waals surface area contributed by atoms with Gasteiger partial charge in [-0.1, -0.05) is 36.8 Å². The lowest BCUT2D eigenvalue weighted by Crippen LogP contribution is -2.63. The summed E-state index contributed by atoms with van der Waals surface area (Å²) in [6.07, 6.45) is 5.97. The first-order chi connectivity index (χ1) is 9.72. The minimum atomic E-state index is -0.189. The van der Waals surface area contributed by atoms with E-state index in [1.165, 1.54) is 37.9 Å². The van der Waals surface area contributed by atoms with E-state index in [0.717, 1.165) is 12.8 Å². The summed E-state index contributed by atoms with van der Waals surface area (Å²) in [4.78, 5) is 14.4. The lowest BCUT2D eigenvalue weighted by Gasteiger charge is -2.52. The average molecular weight is 272 g/mol. The maximum Gasteiger partial charge on any atom is 0.217 e. The lowest BCUT2D eigenvalue weighted by molar-refractivity contribution is -0.123. The van der Waals surface area contributed by atoms with Crippen molar-refractivity contribution in [2.24, 2.45) is 0 Å². The van der Waals surface area contributed by atoms with Gasteiger partial charge < -0.3 is 5.32 Å². The van der Waals surface area contributed by atoms with Crippen LogP contribution >= 0.6 is 0 Å². The first kappa shape index (κ1) is 13.6. The molecule has 108 valence electrons. The molecule has 2 saturated heterocycles. The lowest BCUT2D eigenvalue weighted by atomic mass is 9.72. The van der Waals surface area contributed by atoms with Crippen LogP contribution in [0.5, 0.6) is 0 Å². The maximum absolute atomic E-state index is 11.8. The molecule has 0 spiro atoms. The van der Waals surface area contributed by atoms with Crippen molar-refractivity contribution >= 4 is 5.91 Å². The quantitative estimate of drug-likeness (QED) is 0.897. The van der Waals surface area contributed by atoms with Gasteiger partial charge in [0.15, 0.2) is 0 Å². The Morgan fingerprint density at radius 2 is 1.95 bits per heavy atom. The van der Waals surface area contributed by atoms with E-state index in [1.807, 2.05) is 6.07 Å². The third-order valence-electron chi connectivity index (χ3n) is 4.89. The standard InChI is InChI=1S/C17H24N2O/c1-14(20)18-17(15-8-3-2-4-9-15)11-7-13-19-12-6-5-10-16(17)19/h2-4,8-9,16H,5-7,10-13H2,1H3,(H,18,20)/t16-,17+/m0/s1. The topological polar surface area (TPSA) is 32.3 Å². The van der Waals surface area contributed by atoms with Gasteiger partial charge in [-0.3, -0.25) is 9.69 Å². The highest BCUT2D eigenvalue weighted by Crippen LogP contribution is 2.41. The Morgan fingerprint density at radius 3 is 2.70 bits per heavy atom. The molecule has 1 aromatic rings. The Balaban J connectivity index is 2.02. The third-order valence-corrected chi connectivity index (χ3v) is 4.89. The predicted molar refractivity (Wildman–Crippen MR) is 80.4 cm³/mol. The molecule has 1 amide bonds. The summed E-state index contributed by atoms with van der Waals surface area (Å²) >= 11 is 0. The Bertz CT molecular complexity index is 471. The van der Waals surface area contributed by atoms with Crippen LogP contribution in [0.3, 0.4) is 0 Å². The highest BCUT2D eigenvalue weighted by atomic mass is 16.1. The van der Waals surface area contributed by atoms with E-state index in [0.29, 0.717) is 6.04 Å². The van der Waals surface area contributed by atoms with E-state index >= 15 is 0 Å². The summed E-state index contributed by atoms with van der Waals surface area (Å²) in [5.41, 5.74) is 1.08. The summed E-state index contributed by atoms with van der Waals surface area (Å²) in [7, 11) is 0. The largest absolute Gasteiger partial charge is 0.345 e. The van der Waals surface area contributed by atoms with Crippen LogP contribution in [0.25, 0.3) is 0 Å². The zero-order valence-corrected chi connectivity index (χ0v) is 12.3. The Kier molecular flexibility index (Phi) is 3.79. The molecule has 3 nitrogen and oxygen atoms in total. The summed E-state index contributed by atoms with van der Waals surface area (Å²) in [5, 5.41) is 3.33. The van der Waals surface area contributed by atoms with Crippen molar-refractivity contribution in [1.82, 2.24) is 10.2 Å². The number of piperidine rings is 2. The van der Waals surface area contributed by atoms with Crippen molar-refractivity contribution in [1.29, 1.82) is 0 Å². The first-order valence-electron chi connectivity index (χ1n) is 7.81. The number of carbonyl (C=O) groups is 1. The number of fused-ring (bicyclic) bond motifs is 1. The van der Waals surface area contributed by atoms with Gasteiger partial charge in [0.2, 0.25) is 5.91 Å². The van der Waals surface area contributed by atoms with Gasteiger partial charge in [-0.25, -0.2) is 0 Å². The van der Waals surface area contributed by atoms with Crippen molar-refractivity contribution in [3.05, 3.63) is 35.9 Å². The normalized spacial score (nSPS) is 30.6. The van der Waals surface area contributed by atoms with Crippen molar-refractivity contribution in [3.63, 3.8) is 0 Å². The zero-order valence-electron chi connectivity index (χ0n) is 12.3. The van der Waals surface area contributed by atoms with Gasteiger partial charge in [0.25, 0.3) is 0 Å². The maximum atomic E-state index is 11.8. The Hall–Kier alpha value is -1.35. The molecule has 1 N–H and O–H groups in total. The SMILES string of the molecule is CC(=O)N[C@@]1(c2ccccc2)CCCN2CCCC[C@H]21. The molecule has 3 heteroatoms. The number of amides is 1. The third kappa shape index (κ3) is 2.35. The van der Waals surface area contributed by atoms with Crippen LogP contribution in [0.4, 0.5) is 0 Å². The first-order valence-corrected chi connectivity index (χ1v) is 7.81. The second-order valence-electron chi connectivity index (χ2n) is 6.17. The highest BCUT2D eigenvalue weighted by Gasteiger charge is 2.46. The van der Waals surface area contributed by atoms with Crippen LogP contribution in [0.1, 0.15) is 44.6 Å². The molecule has 2 fully saturated rings. The molecule has 1 aromatic carbocycles. The highest BCUT2D eigenvalue weighted by molar-refractivity contribution is 5.74. The Labute approximate surface area is 121 Å². The molecule has 0 radical (unpaired) electrons. The van der Waals surface area contributed by atoms with E-state index in [-0.39, 0.29) is 11.4 Å². The number of rotatable bonds is 2. The zero-order chi connectivity index (χ0) is 14.0. The smallest absolute Gasteiger partial charge is 0.217 e. The van der Waals surface area contributed by atoms with E-state index < -0.39 is 0 Å². The number of carbonyl (C=O) groups excluding carboxylic acids is 1. The van der Waals surface area contributed by atoms with E-state index in [2.05, 4.69) is 34.5 Å². The molecule has 0 bridgehead atoms. The van der Waals surface area contributed by atoms with Crippen LogP contribution in [0, 0.1) is 0 Å². The molecule has 0 unspecified atom stereocenters. The fourth-order valence-electron chi connectivity index (χ4n) is 4.15. The predicted octanol–water partition coefficient (Wildman–Crippen LogP) is 2.67. The minimum absolute atomic E-state index is 0.0845. The van der Waals surface area contributed by atoms with Crippen molar-refractivity contribution < 1.29 is 4.79 Å². The number of nitrogens with zero attached hydrogens (tertiary/aromatic N) is 1. The molecule has 20 heavy (non-hydrogen) atoms. The second-order valence-corrected chi connectivity index (χ2v) is 6.17. The molecule has 2 aliphatic rings. The van der Waals surface area contributed by atoms with Crippen molar-refractivity contribution in [3.8, 4) is 0 Å². The fourth-order valence-corrected chi connectivity index (χ4v) is 4.15. The van der Waals surface area contributed by atoms with Crippen LogP contribution in [-0.2, 0) is 10.3 Å². The van der Waals surface area contributed by atoms with Gasteiger partial charge in [0.1, 0.15) is 0 Å². The second kappa shape index (κ2) is 5.57. The number of benzene rings is 1. The van der Waals surface area contributed by atoms with Gasteiger partial charge in [0, 0.05) is 13.0 Å². The molecule has 0 aliphatic carbocycles. The molecule has 0 aromatic heterocycles. The molecular formula is C17H24N2O. The number of nitrogens with one attached hydrogen (secondary N) is 1. The summed E-state index contributed by atoms with van der Waals surface area (Å²) in [6, 6.07) is 11.0. The van der Waals surface area contributed by atoms with Crippen LogP contribution in [0.2, 0.25) is 0 Å². The van der Waals surface area contributed by atoms with Gasteiger partial charge in [0.05, 0.1) is 5.54 Å². The summed E-state index contributed by atoms with van der Waals surface area (Å²) in [5.74, 6) is 0.0845. The minimum Gasteiger partial charge on any atom is -0.345 e. The van der Waals surface area contributed by atoms with Gasteiger partial charge in [-0.2, -0.15) is 0 Å². The van der Waals surface area contributed by atoms with Crippen LogP contribution in [-0.4, -0.2) is 29.9 Å². The van der Waals surface area contributed by atoms with Gasteiger partial charge in [-0.05, 0) is 44.3 Å². The van der Waals surface area contributed by atoms with E-state index in [9.17, 15) is 4.79 Å². The van der Waals surface area contributed by atoms with Crippen molar-refractivity contribution in [2.45, 2.75) is 50.6 Å². The van der Waals surface area contributed by atoms with Crippen LogP contribution in [0.15, 0.2) is 30.3 Å². The summed E-state index contributed by atoms with van der Waals surface area (Å²) < 4.78 is 0.